The molecule has 2 amide bonds. The van der Waals surface area contributed by atoms with Crippen LogP contribution in [0.3, 0.4) is 0 Å². The van der Waals surface area contributed by atoms with Gasteiger partial charge in [0.1, 0.15) is 5.82 Å². The van der Waals surface area contributed by atoms with Crippen LogP contribution in [0.15, 0.2) is 24.4 Å². The number of anilines is 1. The number of aryl methyl sites for hydroxylation is 3. The molecule has 4 heterocycles. The largest absolute Gasteiger partial charge is 0.466 e. The maximum atomic E-state index is 12.7. The van der Waals surface area contributed by atoms with E-state index in [4.69, 9.17) is 16.3 Å². The molecule has 0 saturated carbocycles. The lowest BCUT2D eigenvalue weighted by atomic mass is 9.96. The van der Waals surface area contributed by atoms with Crippen LogP contribution in [-0.4, -0.2) is 56.2 Å². The van der Waals surface area contributed by atoms with E-state index in [0.29, 0.717) is 42.7 Å². The molecule has 168 valence electrons. The van der Waals surface area contributed by atoms with Gasteiger partial charge in [-0.1, -0.05) is 11.6 Å². The third-order valence-corrected chi connectivity index (χ3v) is 5.84. The highest BCUT2D eigenvalue weighted by Crippen LogP contribution is 2.27. The minimum absolute atomic E-state index is 0.0959. The minimum Gasteiger partial charge on any atom is -0.466 e. The van der Waals surface area contributed by atoms with Crippen molar-refractivity contribution < 1.29 is 14.3 Å². The van der Waals surface area contributed by atoms with Crippen LogP contribution < -0.4 is 10.1 Å². The van der Waals surface area contributed by atoms with Crippen molar-refractivity contribution in [3.8, 4) is 5.88 Å². The van der Waals surface area contributed by atoms with Crippen molar-refractivity contribution >= 4 is 40.3 Å². The van der Waals surface area contributed by atoms with E-state index in [1.165, 1.54) is 6.20 Å². The number of amides is 2. The minimum atomic E-state index is -0.172. The number of likely N-dealkylation sites (tertiary alicyclic amines) is 1. The molecule has 0 bridgehead atoms. The van der Waals surface area contributed by atoms with Gasteiger partial charge in [0.2, 0.25) is 11.8 Å². The number of aromatic nitrogens is 4. The second-order valence-corrected chi connectivity index (χ2v) is 8.44. The number of fused-ring (bicyclic) bond motifs is 1. The summed E-state index contributed by atoms with van der Waals surface area (Å²) in [5.41, 5.74) is 2.64. The summed E-state index contributed by atoms with van der Waals surface area (Å²) in [6.45, 7) is 4.79. The molecule has 3 aromatic heterocycles. The molecule has 0 atom stereocenters. The highest BCUT2D eigenvalue weighted by molar-refractivity contribution is 6.30. The fourth-order valence-corrected chi connectivity index (χ4v) is 4.05. The number of piperidine rings is 1. The van der Waals surface area contributed by atoms with Crippen LogP contribution in [0.2, 0.25) is 5.02 Å². The normalized spacial score (nSPS) is 14.6. The molecule has 4 rings (SSSR count). The van der Waals surface area contributed by atoms with Crippen LogP contribution >= 0.6 is 11.6 Å². The number of ether oxygens (including phenoxy) is 1. The Kier molecular flexibility index (Phi) is 6.27. The van der Waals surface area contributed by atoms with Gasteiger partial charge < -0.3 is 15.0 Å². The Morgan fingerprint density at radius 2 is 2.00 bits per heavy atom. The van der Waals surface area contributed by atoms with Gasteiger partial charge in [0.25, 0.3) is 5.91 Å². The van der Waals surface area contributed by atoms with Gasteiger partial charge in [0.05, 0.1) is 10.4 Å². The van der Waals surface area contributed by atoms with Gasteiger partial charge in [-0.05, 0) is 50.5 Å². The third kappa shape index (κ3) is 4.67. The second kappa shape index (κ2) is 9.12. The summed E-state index contributed by atoms with van der Waals surface area (Å²) in [5, 5.41) is 8.52. The number of pyridine rings is 2. The van der Waals surface area contributed by atoms with Gasteiger partial charge in [0.15, 0.2) is 12.3 Å². The first kappa shape index (κ1) is 22.0. The summed E-state index contributed by atoms with van der Waals surface area (Å²) in [5.74, 6) is 0.481. The van der Waals surface area contributed by atoms with E-state index in [2.05, 4.69) is 20.4 Å². The average Bonchev–Trinajstić information content (AvgIpc) is 3.09. The SMILES string of the molecule is Cc1cc(C)c2c(OCC(=O)N3CCC(C(=O)Nc4ccc(Cl)cn4)CC3)nn(C)c2n1. The Morgan fingerprint density at radius 1 is 1.25 bits per heavy atom. The maximum absolute atomic E-state index is 12.7. The Morgan fingerprint density at radius 3 is 2.69 bits per heavy atom. The smallest absolute Gasteiger partial charge is 0.260 e. The fourth-order valence-electron chi connectivity index (χ4n) is 3.94. The number of hydrogen-bond acceptors (Lipinski definition) is 6. The number of rotatable bonds is 5. The predicted octanol–water partition coefficient (Wildman–Crippen LogP) is 2.89. The molecule has 9 nitrogen and oxygen atoms in total. The number of carbonyl (C=O) groups is 2. The first-order valence-corrected chi connectivity index (χ1v) is 10.8. The van der Waals surface area contributed by atoms with Gasteiger partial charge in [0, 0.05) is 37.9 Å². The first-order chi connectivity index (χ1) is 15.3. The van der Waals surface area contributed by atoms with Gasteiger partial charge in [-0.15, -0.1) is 5.10 Å². The van der Waals surface area contributed by atoms with Crippen molar-refractivity contribution in [1.82, 2.24) is 24.6 Å². The van der Waals surface area contributed by atoms with E-state index in [9.17, 15) is 9.59 Å². The first-order valence-electron chi connectivity index (χ1n) is 10.5. The van der Waals surface area contributed by atoms with Gasteiger partial charge in [-0.2, -0.15) is 0 Å². The second-order valence-electron chi connectivity index (χ2n) is 8.00. The van der Waals surface area contributed by atoms with Gasteiger partial charge >= 0.3 is 0 Å². The zero-order valence-corrected chi connectivity index (χ0v) is 19.0. The topological polar surface area (TPSA) is 102 Å². The molecule has 0 radical (unpaired) electrons. The summed E-state index contributed by atoms with van der Waals surface area (Å²) in [6, 6.07) is 5.30. The van der Waals surface area contributed by atoms with Crippen molar-refractivity contribution in [2.45, 2.75) is 26.7 Å². The molecule has 0 unspecified atom stereocenters. The monoisotopic (exact) mass is 456 g/mol. The van der Waals surface area contributed by atoms with Crippen LogP contribution in [0.1, 0.15) is 24.1 Å². The van der Waals surface area contributed by atoms with Crippen LogP contribution in [0.5, 0.6) is 5.88 Å². The van der Waals surface area contributed by atoms with Crippen LogP contribution in [0.25, 0.3) is 11.0 Å². The standard InChI is InChI=1S/C22H25ClN6O3/c1-13-10-14(2)25-20-19(13)22(27-28(20)3)32-12-18(30)29-8-6-15(7-9-29)21(31)26-17-5-4-16(23)11-24-17/h4-5,10-11,15H,6-9,12H2,1-3H3,(H,24,26,31). The lowest BCUT2D eigenvalue weighted by Crippen LogP contribution is -2.43. The van der Waals surface area contributed by atoms with Crippen LogP contribution in [0, 0.1) is 19.8 Å². The maximum Gasteiger partial charge on any atom is 0.260 e. The van der Waals surface area contributed by atoms with Crippen molar-refractivity contribution in [2.24, 2.45) is 13.0 Å². The number of nitrogens with one attached hydrogen (secondary N) is 1. The lowest BCUT2D eigenvalue weighted by Gasteiger charge is -2.31. The van der Waals surface area contributed by atoms with Gasteiger partial charge in [-0.25, -0.2) is 14.6 Å². The van der Waals surface area contributed by atoms with E-state index < -0.39 is 0 Å². The Labute approximate surface area is 190 Å². The zero-order valence-electron chi connectivity index (χ0n) is 18.3. The highest BCUT2D eigenvalue weighted by atomic mass is 35.5. The van der Waals surface area contributed by atoms with Crippen molar-refractivity contribution in [3.05, 3.63) is 40.7 Å². The molecule has 1 aliphatic rings. The van der Waals surface area contributed by atoms with Crippen molar-refractivity contribution in [3.63, 3.8) is 0 Å². The molecule has 32 heavy (non-hydrogen) atoms. The Balaban J connectivity index is 1.31. The van der Waals surface area contributed by atoms with Gasteiger partial charge in [-0.3, -0.25) is 9.59 Å². The molecule has 10 heteroatoms. The van der Waals surface area contributed by atoms with Crippen molar-refractivity contribution in [2.75, 3.05) is 25.0 Å². The summed E-state index contributed by atoms with van der Waals surface area (Å²) < 4.78 is 7.44. The molecule has 3 aromatic rings. The molecule has 0 spiro atoms. The molecule has 1 N–H and O–H groups in total. The lowest BCUT2D eigenvalue weighted by molar-refractivity contribution is -0.136. The third-order valence-electron chi connectivity index (χ3n) is 5.62. The fraction of sp³-hybridized carbons (Fsp3) is 0.409. The summed E-state index contributed by atoms with van der Waals surface area (Å²) in [6.07, 6.45) is 2.65. The van der Waals surface area contributed by atoms with Crippen LogP contribution in [0.4, 0.5) is 5.82 Å². The number of nitrogens with zero attached hydrogens (tertiary/aromatic N) is 5. The molecular formula is C22H25ClN6O3. The van der Waals surface area contributed by atoms with E-state index in [-0.39, 0.29) is 24.3 Å². The van der Waals surface area contributed by atoms with Crippen LogP contribution in [-0.2, 0) is 16.6 Å². The summed E-state index contributed by atoms with van der Waals surface area (Å²) in [7, 11) is 1.80. The molecule has 1 fully saturated rings. The predicted molar refractivity (Wildman–Crippen MR) is 121 cm³/mol. The quantitative estimate of drug-likeness (QED) is 0.633. The number of carbonyl (C=O) groups excluding carboxylic acids is 2. The molecule has 1 aliphatic heterocycles. The average molecular weight is 457 g/mol. The van der Waals surface area contributed by atoms with Crippen molar-refractivity contribution in [1.29, 1.82) is 0 Å². The Hall–Kier alpha value is -3.20. The number of halogens is 1. The molecule has 1 saturated heterocycles. The summed E-state index contributed by atoms with van der Waals surface area (Å²) in [4.78, 5) is 35.5. The Bertz CT molecular complexity index is 1150. The molecule has 0 aliphatic carbocycles. The number of hydrogen-bond donors (Lipinski definition) is 1. The molecule has 0 aromatic carbocycles. The summed E-state index contributed by atoms with van der Waals surface area (Å²) >= 11 is 5.82. The van der Waals surface area contributed by atoms with E-state index in [0.717, 1.165) is 22.3 Å². The van der Waals surface area contributed by atoms with E-state index >= 15 is 0 Å². The molecular weight excluding hydrogens is 432 g/mol. The highest BCUT2D eigenvalue weighted by Gasteiger charge is 2.28. The van der Waals surface area contributed by atoms with E-state index in [1.807, 2.05) is 19.9 Å². The van der Waals surface area contributed by atoms with E-state index in [1.54, 1.807) is 28.8 Å². The zero-order chi connectivity index (χ0) is 22.8.